The molecule has 4 aromatic carbocycles. The Labute approximate surface area is 230 Å². The molecule has 0 heterocycles. The summed E-state index contributed by atoms with van der Waals surface area (Å²) in [5, 5.41) is 17.5. The van der Waals surface area contributed by atoms with Gasteiger partial charge in [-0.1, -0.05) is 18.2 Å². The molecule has 40 heavy (non-hydrogen) atoms. The molecule has 0 saturated carbocycles. The van der Waals surface area contributed by atoms with Crippen LogP contribution in [0.2, 0.25) is 0 Å². The predicted molar refractivity (Wildman–Crippen MR) is 145 cm³/mol. The van der Waals surface area contributed by atoms with Crippen molar-refractivity contribution < 1.29 is 37.8 Å². The quantitative estimate of drug-likeness (QED) is 0.184. The van der Waals surface area contributed by atoms with E-state index in [2.05, 4.69) is 33.0 Å². The maximum atomic E-state index is 12.5. The highest BCUT2D eigenvalue weighted by atomic mass is 32.2. The summed E-state index contributed by atoms with van der Waals surface area (Å²) in [7, 11) is -8.31. The molecule has 0 amide bonds. The Morgan fingerprint density at radius 2 is 1.25 bits per heavy atom. The van der Waals surface area contributed by atoms with Gasteiger partial charge in [0.1, 0.15) is 15.5 Å². The monoisotopic (exact) mass is 606 g/mol. The second kappa shape index (κ2) is 11.1. The minimum Gasteiger partial charge on any atom is -0.270 e. The molecule has 0 fully saturated rings. The van der Waals surface area contributed by atoms with Crippen LogP contribution in [0.4, 0.5) is 17.1 Å². The number of azo groups is 2. The lowest BCUT2D eigenvalue weighted by Crippen LogP contribution is -2.08. The summed E-state index contributed by atoms with van der Waals surface area (Å²) in [5.74, 6) is 0. The minimum atomic E-state index is -4.28. The second-order valence-electron chi connectivity index (χ2n) is 8.01. The SMILES string of the molecule is CN=Nc1cc2cccc(N=Nc3ccc4c(S(=O)(=O)OC)cc(S(=O)(=O)OC)cc4c3)c2cc1S(=O)(=O)OC. The molecular weight excluding hydrogens is 584 g/mol. The molecule has 0 aliphatic carbocycles. The normalized spacial score (nSPS) is 13.2. The van der Waals surface area contributed by atoms with E-state index in [4.69, 9.17) is 0 Å². The van der Waals surface area contributed by atoms with Gasteiger partial charge in [0.05, 0.1) is 37.6 Å². The molecular formula is C24H22N4O9S3. The fraction of sp³-hybridized carbons (Fsp3) is 0.167. The molecule has 0 unspecified atom stereocenters. The van der Waals surface area contributed by atoms with Crippen LogP contribution in [0.25, 0.3) is 21.5 Å². The highest BCUT2D eigenvalue weighted by Crippen LogP contribution is 2.37. The molecule has 0 spiro atoms. The van der Waals surface area contributed by atoms with Gasteiger partial charge in [-0.3, -0.25) is 12.5 Å². The van der Waals surface area contributed by atoms with Crippen LogP contribution in [0.1, 0.15) is 0 Å². The lowest BCUT2D eigenvalue weighted by molar-refractivity contribution is 0.395. The van der Waals surface area contributed by atoms with E-state index in [1.165, 1.54) is 43.4 Å². The standard InChI is InChI=1S/C24H22N4O9S3/c1-25-27-22-12-15-6-5-7-21(20(15)14-24(22)40(33,34)37-4)28-26-17-8-9-19-16(10-17)11-18(38(29,30)35-2)13-23(19)39(31,32)36-3/h5-14H,1-4H3. The van der Waals surface area contributed by atoms with Gasteiger partial charge >= 0.3 is 0 Å². The van der Waals surface area contributed by atoms with E-state index >= 15 is 0 Å². The van der Waals surface area contributed by atoms with Gasteiger partial charge in [0.2, 0.25) is 0 Å². The van der Waals surface area contributed by atoms with Crippen LogP contribution in [0.3, 0.4) is 0 Å². The molecule has 16 heteroatoms. The number of hydrogen-bond acceptors (Lipinski definition) is 13. The first-order valence-corrected chi connectivity index (χ1v) is 15.4. The van der Waals surface area contributed by atoms with Crippen LogP contribution >= 0.6 is 0 Å². The maximum Gasteiger partial charge on any atom is 0.298 e. The van der Waals surface area contributed by atoms with Crippen molar-refractivity contribution in [2.24, 2.45) is 20.5 Å². The number of rotatable bonds is 9. The van der Waals surface area contributed by atoms with Gasteiger partial charge in [-0.25, -0.2) is 0 Å². The number of hydrogen-bond donors (Lipinski definition) is 0. The largest absolute Gasteiger partial charge is 0.298 e. The molecule has 0 saturated heterocycles. The predicted octanol–water partition coefficient (Wildman–Crippen LogP) is 5.13. The molecule has 0 aliphatic rings. The summed E-state index contributed by atoms with van der Waals surface area (Å²) in [6.45, 7) is 0. The van der Waals surface area contributed by atoms with Gasteiger partial charge in [0.25, 0.3) is 30.4 Å². The number of nitrogens with zero attached hydrogens (tertiary/aromatic N) is 4. The number of fused-ring (bicyclic) bond motifs is 2. The van der Waals surface area contributed by atoms with Gasteiger partial charge in [0, 0.05) is 17.8 Å². The summed E-state index contributed by atoms with van der Waals surface area (Å²) in [6, 6.07) is 14.5. The van der Waals surface area contributed by atoms with Gasteiger partial charge in [-0.05, 0) is 53.2 Å². The van der Waals surface area contributed by atoms with Crippen molar-refractivity contribution in [1.29, 1.82) is 0 Å². The molecule has 0 atom stereocenters. The average Bonchev–Trinajstić information content (AvgIpc) is 2.94. The highest BCUT2D eigenvalue weighted by Gasteiger charge is 2.24. The third kappa shape index (κ3) is 5.63. The molecule has 0 aliphatic heterocycles. The summed E-state index contributed by atoms with van der Waals surface area (Å²) >= 11 is 0. The molecule has 4 aromatic rings. The van der Waals surface area contributed by atoms with Crippen molar-refractivity contribution in [3.63, 3.8) is 0 Å². The lowest BCUT2D eigenvalue weighted by atomic mass is 10.1. The molecule has 13 nitrogen and oxygen atoms in total. The fourth-order valence-electron chi connectivity index (χ4n) is 3.85. The van der Waals surface area contributed by atoms with Crippen molar-refractivity contribution >= 4 is 69.0 Å². The van der Waals surface area contributed by atoms with Gasteiger partial charge in [-0.15, -0.1) is 5.11 Å². The summed E-state index contributed by atoms with van der Waals surface area (Å²) in [4.78, 5) is -0.971. The van der Waals surface area contributed by atoms with Crippen LogP contribution in [-0.2, 0) is 42.9 Å². The summed E-state index contributed by atoms with van der Waals surface area (Å²) in [6.07, 6.45) is 0. The van der Waals surface area contributed by atoms with Crippen LogP contribution in [0.15, 0.2) is 95.8 Å². The third-order valence-corrected chi connectivity index (χ3v) is 9.65. The lowest BCUT2D eigenvalue weighted by Gasteiger charge is -2.10. The van der Waals surface area contributed by atoms with E-state index in [-0.39, 0.29) is 31.9 Å². The molecule has 4 rings (SSSR count). The first kappa shape index (κ1) is 29.3. The van der Waals surface area contributed by atoms with E-state index in [0.29, 0.717) is 16.5 Å². The van der Waals surface area contributed by atoms with Gasteiger partial charge in [0.15, 0.2) is 0 Å². The zero-order valence-electron chi connectivity index (χ0n) is 21.5. The Hall–Kier alpha value is -3.67. The Kier molecular flexibility index (Phi) is 8.11. The van der Waals surface area contributed by atoms with Gasteiger partial charge < -0.3 is 0 Å². The Balaban J connectivity index is 1.89. The van der Waals surface area contributed by atoms with E-state index < -0.39 is 35.2 Å². The van der Waals surface area contributed by atoms with Crippen LogP contribution in [0, 0.1) is 0 Å². The van der Waals surface area contributed by atoms with Crippen molar-refractivity contribution in [2.75, 3.05) is 28.4 Å². The Morgan fingerprint density at radius 3 is 1.90 bits per heavy atom. The zero-order chi connectivity index (χ0) is 29.3. The van der Waals surface area contributed by atoms with Crippen molar-refractivity contribution in [2.45, 2.75) is 14.7 Å². The average molecular weight is 607 g/mol. The Morgan fingerprint density at radius 1 is 0.575 bits per heavy atom. The van der Waals surface area contributed by atoms with Crippen molar-refractivity contribution in [3.8, 4) is 0 Å². The van der Waals surface area contributed by atoms with E-state index in [1.54, 1.807) is 18.2 Å². The van der Waals surface area contributed by atoms with Crippen LogP contribution < -0.4 is 0 Å². The molecule has 0 radical (unpaired) electrons. The van der Waals surface area contributed by atoms with E-state index in [1.807, 2.05) is 0 Å². The first-order chi connectivity index (χ1) is 18.9. The summed E-state index contributed by atoms with van der Waals surface area (Å²) in [5.41, 5.74) is 0.644. The highest BCUT2D eigenvalue weighted by molar-refractivity contribution is 7.87. The molecule has 0 N–H and O–H groups in total. The van der Waals surface area contributed by atoms with E-state index in [9.17, 15) is 25.3 Å². The topological polar surface area (TPSA) is 180 Å². The first-order valence-electron chi connectivity index (χ1n) is 11.1. The minimum absolute atomic E-state index is 0.0871. The Bertz CT molecular complexity index is 2020. The maximum absolute atomic E-state index is 12.5. The molecule has 0 aromatic heterocycles. The smallest absolute Gasteiger partial charge is 0.270 e. The second-order valence-corrected chi connectivity index (χ2v) is 13.1. The number of benzene rings is 4. The van der Waals surface area contributed by atoms with E-state index in [0.717, 1.165) is 27.4 Å². The van der Waals surface area contributed by atoms with Crippen molar-refractivity contribution in [1.82, 2.24) is 0 Å². The zero-order valence-corrected chi connectivity index (χ0v) is 23.9. The van der Waals surface area contributed by atoms with Crippen LogP contribution in [0.5, 0.6) is 0 Å². The fourth-order valence-corrected chi connectivity index (χ4v) is 6.35. The molecule has 210 valence electrons. The van der Waals surface area contributed by atoms with Gasteiger partial charge in [-0.2, -0.15) is 40.6 Å². The summed E-state index contributed by atoms with van der Waals surface area (Å²) < 4.78 is 88.6. The molecule has 0 bridgehead atoms. The van der Waals surface area contributed by atoms with Crippen molar-refractivity contribution in [3.05, 3.63) is 60.7 Å². The van der Waals surface area contributed by atoms with Crippen LogP contribution in [-0.4, -0.2) is 53.6 Å². The third-order valence-electron chi connectivity index (χ3n) is 5.78.